The summed E-state index contributed by atoms with van der Waals surface area (Å²) in [5.41, 5.74) is 7.19. The van der Waals surface area contributed by atoms with Crippen LogP contribution in [0.5, 0.6) is 11.5 Å². The van der Waals surface area contributed by atoms with E-state index in [1.165, 1.54) is 0 Å². The van der Waals surface area contributed by atoms with E-state index in [1.807, 2.05) is 30.3 Å². The molecule has 0 aliphatic rings. The highest BCUT2D eigenvalue weighted by Crippen LogP contribution is 2.35. The zero-order valence-electron chi connectivity index (χ0n) is 10.3. The van der Waals surface area contributed by atoms with Crippen molar-refractivity contribution in [1.29, 1.82) is 0 Å². The van der Waals surface area contributed by atoms with Crippen molar-refractivity contribution in [2.45, 2.75) is 0 Å². The molecule has 3 rings (SSSR count). The van der Waals surface area contributed by atoms with Gasteiger partial charge in [0.1, 0.15) is 5.75 Å². The van der Waals surface area contributed by atoms with Crippen molar-refractivity contribution in [2.75, 3.05) is 5.73 Å². The second-order valence-electron chi connectivity index (χ2n) is 4.27. The van der Waals surface area contributed by atoms with E-state index in [4.69, 9.17) is 33.7 Å². The van der Waals surface area contributed by atoms with E-state index >= 15 is 0 Å². The molecule has 0 unspecified atom stereocenters. The van der Waals surface area contributed by atoms with Gasteiger partial charge in [0.2, 0.25) is 0 Å². The normalized spacial score (nSPS) is 10.7. The Morgan fingerprint density at radius 3 is 2.60 bits per heavy atom. The van der Waals surface area contributed by atoms with Crippen LogP contribution >= 0.6 is 23.2 Å². The Morgan fingerprint density at radius 2 is 1.75 bits per heavy atom. The summed E-state index contributed by atoms with van der Waals surface area (Å²) in [7, 11) is 0. The molecule has 0 saturated heterocycles. The van der Waals surface area contributed by atoms with Crippen molar-refractivity contribution >= 4 is 39.8 Å². The molecule has 0 spiro atoms. The van der Waals surface area contributed by atoms with Gasteiger partial charge in [0.25, 0.3) is 0 Å². The number of para-hydroxylation sites is 1. The van der Waals surface area contributed by atoms with Gasteiger partial charge in [0.15, 0.2) is 5.75 Å². The van der Waals surface area contributed by atoms with Crippen LogP contribution in [0.1, 0.15) is 0 Å². The van der Waals surface area contributed by atoms with Gasteiger partial charge >= 0.3 is 0 Å². The minimum absolute atomic E-state index is 0.393. The van der Waals surface area contributed by atoms with Gasteiger partial charge in [0, 0.05) is 11.5 Å². The Balaban J connectivity index is 1.99. The lowest BCUT2D eigenvalue weighted by Crippen LogP contribution is -1.93. The molecule has 0 saturated carbocycles. The molecule has 0 aliphatic heterocycles. The van der Waals surface area contributed by atoms with Crippen LogP contribution in [0.3, 0.4) is 0 Å². The molecule has 20 heavy (non-hydrogen) atoms. The van der Waals surface area contributed by atoms with Crippen LogP contribution in [0.2, 0.25) is 10.0 Å². The Labute approximate surface area is 125 Å². The first kappa shape index (κ1) is 13.0. The highest BCUT2D eigenvalue weighted by Gasteiger charge is 2.08. The molecular formula is C15H10Cl2N2O. The number of pyridine rings is 1. The van der Waals surface area contributed by atoms with Gasteiger partial charge in [-0.2, -0.15) is 0 Å². The Bertz CT molecular complexity index is 790. The molecule has 0 radical (unpaired) electrons. The van der Waals surface area contributed by atoms with Crippen molar-refractivity contribution < 1.29 is 4.74 Å². The first-order valence-electron chi connectivity index (χ1n) is 5.90. The van der Waals surface area contributed by atoms with Gasteiger partial charge < -0.3 is 10.5 Å². The molecule has 1 aromatic heterocycles. The molecular weight excluding hydrogens is 295 g/mol. The maximum atomic E-state index is 5.96. The van der Waals surface area contributed by atoms with Crippen molar-refractivity contribution in [3.05, 3.63) is 58.7 Å². The highest BCUT2D eigenvalue weighted by atomic mass is 35.5. The zero-order chi connectivity index (χ0) is 14.1. The fourth-order valence-electron chi connectivity index (χ4n) is 1.87. The van der Waals surface area contributed by atoms with Crippen molar-refractivity contribution in [1.82, 2.24) is 4.98 Å². The summed E-state index contributed by atoms with van der Waals surface area (Å²) < 4.78 is 5.72. The third-order valence-corrected chi connectivity index (χ3v) is 3.57. The molecule has 2 aromatic carbocycles. The largest absolute Gasteiger partial charge is 0.454 e. The number of anilines is 1. The van der Waals surface area contributed by atoms with E-state index in [0.29, 0.717) is 27.2 Å². The van der Waals surface area contributed by atoms with E-state index in [9.17, 15) is 0 Å². The quantitative estimate of drug-likeness (QED) is 0.684. The summed E-state index contributed by atoms with van der Waals surface area (Å²) >= 11 is 11.9. The number of halogens is 2. The van der Waals surface area contributed by atoms with Gasteiger partial charge in [-0.15, -0.1) is 0 Å². The molecule has 2 N–H and O–H groups in total. The highest BCUT2D eigenvalue weighted by molar-refractivity contribution is 6.42. The van der Waals surface area contributed by atoms with Crippen molar-refractivity contribution in [2.24, 2.45) is 0 Å². The second kappa shape index (κ2) is 5.19. The fourth-order valence-corrected chi connectivity index (χ4v) is 2.19. The maximum Gasteiger partial charge on any atom is 0.151 e. The summed E-state index contributed by atoms with van der Waals surface area (Å²) in [6.07, 6.45) is 1.64. The lowest BCUT2D eigenvalue weighted by Gasteiger charge is -2.10. The number of ether oxygens (including phenoxy) is 1. The summed E-state index contributed by atoms with van der Waals surface area (Å²) in [6.45, 7) is 0. The SMILES string of the molecule is Nc1cc(Cl)c(Cl)cc1Oc1cnc2ccccc2c1. The monoisotopic (exact) mass is 304 g/mol. The third kappa shape index (κ3) is 2.50. The Kier molecular flexibility index (Phi) is 3.38. The second-order valence-corrected chi connectivity index (χ2v) is 5.08. The van der Waals surface area contributed by atoms with Gasteiger partial charge in [-0.25, -0.2) is 0 Å². The number of fused-ring (bicyclic) bond motifs is 1. The van der Waals surface area contributed by atoms with E-state index in [-0.39, 0.29) is 0 Å². The number of hydrogen-bond donors (Lipinski definition) is 1. The van der Waals surface area contributed by atoms with Gasteiger partial charge in [-0.3, -0.25) is 4.98 Å². The lowest BCUT2D eigenvalue weighted by molar-refractivity contribution is 0.484. The lowest BCUT2D eigenvalue weighted by atomic mass is 10.2. The van der Waals surface area contributed by atoms with Crippen molar-refractivity contribution in [3.8, 4) is 11.5 Å². The molecule has 0 atom stereocenters. The van der Waals surface area contributed by atoms with E-state index in [0.717, 1.165) is 10.9 Å². The van der Waals surface area contributed by atoms with Crippen LogP contribution in [-0.2, 0) is 0 Å². The van der Waals surface area contributed by atoms with Gasteiger partial charge in [-0.1, -0.05) is 41.4 Å². The summed E-state index contributed by atoms with van der Waals surface area (Å²) in [5.74, 6) is 1.05. The summed E-state index contributed by atoms with van der Waals surface area (Å²) in [4.78, 5) is 4.32. The van der Waals surface area contributed by atoms with E-state index < -0.39 is 0 Å². The molecule has 0 aliphatic carbocycles. The minimum Gasteiger partial charge on any atom is -0.454 e. The van der Waals surface area contributed by atoms with Crippen LogP contribution in [0.25, 0.3) is 10.9 Å². The smallest absolute Gasteiger partial charge is 0.151 e. The number of aromatic nitrogens is 1. The number of benzene rings is 2. The van der Waals surface area contributed by atoms with Crippen LogP contribution < -0.4 is 10.5 Å². The molecule has 0 amide bonds. The third-order valence-electron chi connectivity index (χ3n) is 2.85. The van der Waals surface area contributed by atoms with E-state index in [1.54, 1.807) is 18.3 Å². The number of nitrogens with zero attached hydrogens (tertiary/aromatic N) is 1. The minimum atomic E-state index is 0.393. The first-order chi connectivity index (χ1) is 9.63. The standard InChI is InChI=1S/C15H10Cl2N2O/c16-11-6-13(18)15(7-12(11)17)20-10-5-9-3-1-2-4-14(9)19-8-10/h1-8H,18H2. The van der Waals surface area contributed by atoms with Gasteiger partial charge in [-0.05, 0) is 18.2 Å². The van der Waals surface area contributed by atoms with Crippen molar-refractivity contribution in [3.63, 3.8) is 0 Å². The average Bonchev–Trinajstić information content (AvgIpc) is 2.44. The summed E-state index contributed by atoms with van der Waals surface area (Å²) in [5, 5.41) is 1.78. The number of nitrogen functional groups attached to an aromatic ring is 1. The fraction of sp³-hybridized carbons (Fsp3) is 0. The molecule has 100 valence electrons. The molecule has 0 bridgehead atoms. The number of hydrogen-bond acceptors (Lipinski definition) is 3. The topological polar surface area (TPSA) is 48.1 Å². The Hall–Kier alpha value is -1.97. The molecule has 1 heterocycles. The summed E-state index contributed by atoms with van der Waals surface area (Å²) in [6, 6.07) is 12.8. The number of rotatable bonds is 2. The van der Waals surface area contributed by atoms with Crippen LogP contribution in [0.4, 0.5) is 5.69 Å². The predicted molar refractivity (Wildman–Crippen MR) is 82.7 cm³/mol. The molecule has 0 fully saturated rings. The maximum absolute atomic E-state index is 5.96. The number of nitrogens with two attached hydrogens (primary N) is 1. The van der Waals surface area contributed by atoms with Gasteiger partial charge in [0.05, 0.1) is 27.4 Å². The average molecular weight is 305 g/mol. The zero-order valence-corrected chi connectivity index (χ0v) is 11.8. The van der Waals surface area contributed by atoms with Crippen LogP contribution in [0, 0.1) is 0 Å². The van der Waals surface area contributed by atoms with Crippen LogP contribution in [-0.4, -0.2) is 4.98 Å². The van der Waals surface area contributed by atoms with E-state index in [2.05, 4.69) is 4.98 Å². The Morgan fingerprint density at radius 1 is 1.00 bits per heavy atom. The predicted octanol–water partition coefficient (Wildman–Crippen LogP) is 4.92. The molecule has 5 heteroatoms. The van der Waals surface area contributed by atoms with Crippen LogP contribution in [0.15, 0.2) is 48.7 Å². The first-order valence-corrected chi connectivity index (χ1v) is 6.66. The molecule has 3 nitrogen and oxygen atoms in total. The molecule has 3 aromatic rings.